The second-order valence-electron chi connectivity index (χ2n) is 11.1. The fraction of sp³-hybridized carbons (Fsp3) is 0.905. The Hall–Kier alpha value is -1.65. The number of fused-ring (bicyclic) bond motifs is 1. The maximum absolute atomic E-state index is 12.8. The molecule has 0 radical (unpaired) electrons. The molecular weight excluding hydrogens is 434 g/mol. The summed E-state index contributed by atoms with van der Waals surface area (Å²) in [6.45, 7) is 15.7. The maximum Gasteiger partial charge on any atom is 0.340 e. The van der Waals surface area contributed by atoms with Crippen molar-refractivity contribution in [2.24, 2.45) is 10.5 Å². The van der Waals surface area contributed by atoms with Gasteiger partial charge in [0.2, 0.25) is 0 Å². The van der Waals surface area contributed by atoms with Crippen LogP contribution in [0.3, 0.4) is 0 Å². The van der Waals surface area contributed by atoms with Crippen LogP contribution in [0, 0.1) is 5.41 Å². The SMILES string of the molecule is COC(=O)[C@@]1(CO[Si](C)(C)C(C)(C)C)C[C@H]2OC[C@H](OC(=O)C(C)(C)C)[C@@H](N=[N+]=[N-])[C@H]2O1. The van der Waals surface area contributed by atoms with Crippen molar-refractivity contribution in [3.8, 4) is 0 Å². The van der Waals surface area contributed by atoms with Crippen molar-refractivity contribution in [1.82, 2.24) is 0 Å². The van der Waals surface area contributed by atoms with Crippen LogP contribution in [0.5, 0.6) is 0 Å². The number of methoxy groups -OCH3 is 1. The van der Waals surface area contributed by atoms with Gasteiger partial charge >= 0.3 is 11.9 Å². The number of nitrogens with zero attached hydrogens (tertiary/aromatic N) is 3. The highest BCUT2D eigenvalue weighted by molar-refractivity contribution is 6.74. The summed E-state index contributed by atoms with van der Waals surface area (Å²) in [7, 11) is -0.902. The average molecular weight is 472 g/mol. The summed E-state index contributed by atoms with van der Waals surface area (Å²) in [6.07, 6.45) is -1.94. The predicted molar refractivity (Wildman–Crippen MR) is 119 cm³/mol. The quantitative estimate of drug-likeness (QED) is 0.190. The van der Waals surface area contributed by atoms with Crippen LogP contribution in [0.25, 0.3) is 10.4 Å². The molecule has 0 aromatic carbocycles. The highest BCUT2D eigenvalue weighted by atomic mass is 28.4. The first-order valence-electron chi connectivity index (χ1n) is 10.8. The Morgan fingerprint density at radius 3 is 2.34 bits per heavy atom. The summed E-state index contributed by atoms with van der Waals surface area (Å²) in [5.41, 5.74) is 7.01. The molecule has 2 saturated heterocycles. The van der Waals surface area contributed by atoms with Gasteiger partial charge in [0.1, 0.15) is 12.1 Å². The zero-order valence-electron chi connectivity index (χ0n) is 20.6. The summed E-state index contributed by atoms with van der Waals surface area (Å²) >= 11 is 0. The molecule has 2 aliphatic rings. The van der Waals surface area contributed by atoms with Gasteiger partial charge in [0.05, 0.1) is 37.9 Å². The highest BCUT2D eigenvalue weighted by Gasteiger charge is 2.59. The van der Waals surface area contributed by atoms with E-state index in [0.717, 1.165) is 0 Å². The van der Waals surface area contributed by atoms with E-state index < -0.39 is 55.6 Å². The molecule has 0 unspecified atom stereocenters. The van der Waals surface area contributed by atoms with Crippen LogP contribution in [-0.2, 0) is 33.0 Å². The van der Waals surface area contributed by atoms with E-state index in [1.807, 2.05) is 0 Å². The van der Waals surface area contributed by atoms with Crippen molar-refractivity contribution in [2.75, 3.05) is 20.3 Å². The zero-order valence-corrected chi connectivity index (χ0v) is 21.6. The minimum absolute atomic E-state index is 0.00194. The van der Waals surface area contributed by atoms with Crippen LogP contribution in [0.4, 0.5) is 0 Å². The van der Waals surface area contributed by atoms with Crippen LogP contribution in [-0.4, -0.2) is 70.5 Å². The molecule has 2 aliphatic heterocycles. The van der Waals surface area contributed by atoms with E-state index >= 15 is 0 Å². The molecule has 0 saturated carbocycles. The minimum Gasteiger partial charge on any atom is -0.467 e. The van der Waals surface area contributed by atoms with Gasteiger partial charge in [-0.1, -0.05) is 25.9 Å². The molecule has 2 rings (SSSR count). The second kappa shape index (κ2) is 9.30. The topological polar surface area (TPSA) is 129 Å². The highest BCUT2D eigenvalue weighted by Crippen LogP contribution is 2.43. The van der Waals surface area contributed by atoms with Gasteiger partial charge in [-0.05, 0) is 44.4 Å². The van der Waals surface area contributed by atoms with Crippen molar-refractivity contribution < 1.29 is 33.0 Å². The number of esters is 2. The third kappa shape index (κ3) is 5.45. The lowest BCUT2D eigenvalue weighted by atomic mass is 9.93. The van der Waals surface area contributed by atoms with Crippen LogP contribution < -0.4 is 0 Å². The normalized spacial score (nSPS) is 30.8. The van der Waals surface area contributed by atoms with E-state index in [9.17, 15) is 9.59 Å². The van der Waals surface area contributed by atoms with Crippen LogP contribution in [0.15, 0.2) is 5.11 Å². The van der Waals surface area contributed by atoms with Gasteiger partial charge in [0, 0.05) is 11.3 Å². The monoisotopic (exact) mass is 471 g/mol. The summed E-state index contributed by atoms with van der Waals surface area (Å²) in [4.78, 5) is 28.2. The Balaban J connectivity index is 2.30. The van der Waals surface area contributed by atoms with Crippen molar-refractivity contribution in [2.45, 2.75) is 96.1 Å². The number of hydrogen-bond donors (Lipinski definition) is 0. The second-order valence-corrected chi connectivity index (χ2v) is 15.9. The number of hydrogen-bond acceptors (Lipinski definition) is 8. The van der Waals surface area contributed by atoms with Crippen LogP contribution >= 0.6 is 0 Å². The molecule has 2 heterocycles. The molecule has 11 heteroatoms. The van der Waals surface area contributed by atoms with Crippen molar-refractivity contribution in [3.63, 3.8) is 0 Å². The fourth-order valence-corrected chi connectivity index (χ4v) is 4.43. The average Bonchev–Trinajstić information content (AvgIpc) is 3.06. The third-order valence-corrected chi connectivity index (χ3v) is 11.0. The molecule has 0 amide bonds. The molecular formula is C21H37N3O7Si. The molecule has 32 heavy (non-hydrogen) atoms. The Morgan fingerprint density at radius 1 is 1.22 bits per heavy atom. The Bertz CT molecular complexity index is 770. The minimum atomic E-state index is -2.20. The van der Waals surface area contributed by atoms with E-state index in [0.29, 0.717) is 0 Å². The smallest absolute Gasteiger partial charge is 0.340 e. The third-order valence-electron chi connectivity index (χ3n) is 6.54. The Labute approximate surface area is 191 Å². The summed E-state index contributed by atoms with van der Waals surface area (Å²) in [5.74, 6) is -1.02. The number of carbonyl (C=O) groups is 2. The molecule has 0 aliphatic carbocycles. The zero-order chi connectivity index (χ0) is 24.5. The lowest BCUT2D eigenvalue weighted by Gasteiger charge is -2.39. The van der Waals surface area contributed by atoms with Gasteiger partial charge in [-0.2, -0.15) is 0 Å². The molecule has 5 atom stereocenters. The van der Waals surface area contributed by atoms with Gasteiger partial charge in [-0.25, -0.2) is 4.79 Å². The van der Waals surface area contributed by atoms with E-state index in [1.165, 1.54) is 7.11 Å². The molecule has 10 nitrogen and oxygen atoms in total. The van der Waals surface area contributed by atoms with Crippen molar-refractivity contribution >= 4 is 20.3 Å². The molecule has 2 fully saturated rings. The Kier molecular flexibility index (Phi) is 7.73. The van der Waals surface area contributed by atoms with Gasteiger partial charge in [-0.15, -0.1) is 0 Å². The molecule has 0 aromatic rings. The van der Waals surface area contributed by atoms with Crippen molar-refractivity contribution in [3.05, 3.63) is 10.4 Å². The number of carbonyl (C=O) groups excluding carboxylic acids is 2. The number of rotatable bonds is 6. The summed E-state index contributed by atoms with van der Waals surface area (Å²) in [5, 5.41) is 3.79. The van der Waals surface area contributed by atoms with Gasteiger partial charge in [-0.3, -0.25) is 4.79 Å². The lowest BCUT2D eigenvalue weighted by Crippen LogP contribution is -2.53. The first kappa shape index (κ1) is 26.6. The first-order valence-corrected chi connectivity index (χ1v) is 13.8. The van der Waals surface area contributed by atoms with Crippen LogP contribution in [0.2, 0.25) is 18.1 Å². The molecule has 182 valence electrons. The van der Waals surface area contributed by atoms with Crippen LogP contribution in [0.1, 0.15) is 48.0 Å². The van der Waals surface area contributed by atoms with Gasteiger partial charge in [0.15, 0.2) is 13.9 Å². The number of ether oxygens (including phenoxy) is 4. The first-order chi connectivity index (χ1) is 14.6. The summed E-state index contributed by atoms with van der Waals surface area (Å²) in [6, 6.07) is -0.843. The van der Waals surface area contributed by atoms with E-state index in [-0.39, 0.29) is 24.7 Å². The largest absolute Gasteiger partial charge is 0.467 e. The lowest BCUT2D eigenvalue weighted by molar-refractivity contribution is -0.189. The van der Waals surface area contributed by atoms with Crippen molar-refractivity contribution in [1.29, 1.82) is 0 Å². The Morgan fingerprint density at radius 2 is 1.84 bits per heavy atom. The maximum atomic E-state index is 12.8. The molecule has 0 bridgehead atoms. The summed E-state index contributed by atoms with van der Waals surface area (Å²) < 4.78 is 29.1. The van der Waals surface area contributed by atoms with E-state index in [2.05, 4.69) is 43.9 Å². The van der Waals surface area contributed by atoms with Gasteiger partial charge < -0.3 is 23.4 Å². The predicted octanol–water partition coefficient (Wildman–Crippen LogP) is 3.74. The molecule has 0 aromatic heterocycles. The molecule has 0 spiro atoms. The molecule has 0 N–H and O–H groups in total. The van der Waals surface area contributed by atoms with Gasteiger partial charge in [0.25, 0.3) is 0 Å². The standard InChI is InChI=1S/C21H37N3O7Si/c1-19(2,3)17(25)30-14-11-28-13-10-21(18(26)27-7,31-16(13)15(14)23-24-22)12-29-32(8,9)20(4,5)6/h13-16H,10-12H2,1-9H3/t13-,14+,15-,16+,21+/m1/s1. The van der Waals surface area contributed by atoms with E-state index in [4.69, 9.17) is 28.9 Å². The number of azide groups is 1. The van der Waals surface area contributed by atoms with E-state index in [1.54, 1.807) is 20.8 Å². The fourth-order valence-electron chi connectivity index (χ4n) is 3.40.